The molecule has 0 saturated carbocycles. The summed E-state index contributed by atoms with van der Waals surface area (Å²) in [6.45, 7) is 5.01. The van der Waals surface area contributed by atoms with Crippen molar-refractivity contribution < 1.29 is 9.90 Å². The Morgan fingerprint density at radius 1 is 1.75 bits per heavy atom. The summed E-state index contributed by atoms with van der Waals surface area (Å²) in [5.41, 5.74) is 0. The summed E-state index contributed by atoms with van der Waals surface area (Å²) in [6.07, 6.45) is 1.04. The van der Waals surface area contributed by atoms with Crippen LogP contribution >= 0.6 is 0 Å². The van der Waals surface area contributed by atoms with Crippen LogP contribution in [0.4, 0.5) is 0 Å². The summed E-state index contributed by atoms with van der Waals surface area (Å²) in [7, 11) is 0. The first-order valence-corrected chi connectivity index (χ1v) is 4.36. The van der Waals surface area contributed by atoms with Crippen LogP contribution in [0.1, 0.15) is 13.3 Å². The molecule has 0 amide bonds. The summed E-state index contributed by atoms with van der Waals surface area (Å²) in [4.78, 5) is 12.5. The normalized spacial score (nSPS) is 26.6. The number of nitrogens with zero attached hydrogens (tertiary/aromatic N) is 1. The van der Waals surface area contributed by atoms with Crippen molar-refractivity contribution in [2.24, 2.45) is 0 Å². The fourth-order valence-electron chi connectivity index (χ4n) is 1.48. The second kappa shape index (κ2) is 4.42. The Hall–Kier alpha value is -0.610. The van der Waals surface area contributed by atoms with E-state index in [0.29, 0.717) is 6.04 Å². The molecule has 1 rings (SSSR count). The van der Waals surface area contributed by atoms with E-state index < -0.39 is 5.97 Å². The largest absolute Gasteiger partial charge is 0.480 e. The monoisotopic (exact) mass is 172 g/mol. The van der Waals surface area contributed by atoms with Crippen LogP contribution in [0.3, 0.4) is 0 Å². The molecule has 1 aliphatic rings. The molecule has 0 radical (unpaired) electrons. The van der Waals surface area contributed by atoms with Crippen LogP contribution in [-0.2, 0) is 4.79 Å². The summed E-state index contributed by atoms with van der Waals surface area (Å²) in [5.74, 6) is -0.733. The van der Waals surface area contributed by atoms with Crippen molar-refractivity contribution in [1.29, 1.82) is 0 Å². The minimum absolute atomic E-state index is 0.169. The van der Waals surface area contributed by atoms with Gasteiger partial charge in [-0.15, -0.1) is 0 Å². The second-order valence-corrected chi connectivity index (χ2v) is 3.27. The van der Waals surface area contributed by atoms with Gasteiger partial charge in [-0.3, -0.25) is 9.69 Å². The topological polar surface area (TPSA) is 52.6 Å². The Bertz CT molecular complexity index is 161. The number of rotatable bonds is 2. The number of hydrogen-bond donors (Lipinski definition) is 2. The molecule has 1 atom stereocenters. The van der Waals surface area contributed by atoms with Gasteiger partial charge in [0.25, 0.3) is 0 Å². The van der Waals surface area contributed by atoms with Crippen LogP contribution in [0.25, 0.3) is 0 Å². The number of carboxylic acid groups (broad SMARTS) is 1. The molecule has 1 saturated heterocycles. The van der Waals surface area contributed by atoms with Gasteiger partial charge < -0.3 is 10.4 Å². The zero-order valence-corrected chi connectivity index (χ0v) is 7.42. The van der Waals surface area contributed by atoms with Gasteiger partial charge in [-0.25, -0.2) is 0 Å². The first-order valence-electron chi connectivity index (χ1n) is 4.36. The molecule has 0 aromatic rings. The molecule has 12 heavy (non-hydrogen) atoms. The molecular formula is C8H16N2O2. The standard InChI is InChI=1S/C8H16N2O2/c1-7-5-9-3-2-4-10(7)6-8(11)12/h7,9H,2-6H2,1H3,(H,11,12). The summed E-state index contributed by atoms with van der Waals surface area (Å²) in [6, 6.07) is 0.337. The van der Waals surface area contributed by atoms with E-state index in [9.17, 15) is 4.79 Å². The molecule has 1 fully saturated rings. The third-order valence-electron chi connectivity index (χ3n) is 2.20. The van der Waals surface area contributed by atoms with Crippen LogP contribution in [0.15, 0.2) is 0 Å². The lowest BCUT2D eigenvalue weighted by molar-refractivity contribution is -0.138. The number of hydrogen-bond acceptors (Lipinski definition) is 3. The van der Waals surface area contributed by atoms with Crippen molar-refractivity contribution >= 4 is 5.97 Å². The molecule has 0 spiro atoms. The van der Waals surface area contributed by atoms with Crippen LogP contribution in [-0.4, -0.2) is 48.2 Å². The molecule has 2 N–H and O–H groups in total. The SMILES string of the molecule is CC1CNCCCN1CC(=O)O. The molecule has 0 aliphatic carbocycles. The van der Waals surface area contributed by atoms with Gasteiger partial charge in [-0.1, -0.05) is 0 Å². The molecule has 0 aromatic carbocycles. The highest BCUT2D eigenvalue weighted by Gasteiger charge is 2.18. The average Bonchev–Trinajstić information content (AvgIpc) is 2.16. The summed E-state index contributed by atoms with van der Waals surface area (Å²) >= 11 is 0. The van der Waals surface area contributed by atoms with E-state index in [2.05, 4.69) is 12.2 Å². The maximum absolute atomic E-state index is 10.5. The van der Waals surface area contributed by atoms with E-state index in [1.54, 1.807) is 0 Å². The van der Waals surface area contributed by atoms with Crippen molar-refractivity contribution in [3.63, 3.8) is 0 Å². The van der Waals surface area contributed by atoms with Crippen LogP contribution < -0.4 is 5.32 Å². The Kier molecular flexibility index (Phi) is 3.49. The van der Waals surface area contributed by atoms with E-state index in [-0.39, 0.29) is 6.54 Å². The van der Waals surface area contributed by atoms with E-state index in [4.69, 9.17) is 5.11 Å². The molecule has 4 heteroatoms. The highest BCUT2D eigenvalue weighted by Crippen LogP contribution is 2.02. The highest BCUT2D eigenvalue weighted by molar-refractivity contribution is 5.69. The van der Waals surface area contributed by atoms with Crippen LogP contribution in [0.5, 0.6) is 0 Å². The molecule has 70 valence electrons. The van der Waals surface area contributed by atoms with E-state index in [1.165, 1.54) is 0 Å². The van der Waals surface area contributed by atoms with Crippen molar-refractivity contribution in [3.8, 4) is 0 Å². The fraction of sp³-hybridized carbons (Fsp3) is 0.875. The van der Waals surface area contributed by atoms with Gasteiger partial charge in [0.05, 0.1) is 6.54 Å². The Balaban J connectivity index is 2.41. The molecular weight excluding hydrogens is 156 g/mol. The third-order valence-corrected chi connectivity index (χ3v) is 2.20. The predicted octanol–water partition coefficient (Wildman–Crippen LogP) is -0.245. The van der Waals surface area contributed by atoms with Gasteiger partial charge in [0.2, 0.25) is 0 Å². The molecule has 0 aromatic heterocycles. The maximum Gasteiger partial charge on any atom is 0.317 e. The highest BCUT2D eigenvalue weighted by atomic mass is 16.4. The van der Waals surface area contributed by atoms with Gasteiger partial charge in [-0.2, -0.15) is 0 Å². The second-order valence-electron chi connectivity index (χ2n) is 3.27. The Labute approximate surface area is 72.6 Å². The van der Waals surface area contributed by atoms with Gasteiger partial charge in [0, 0.05) is 19.1 Å². The smallest absolute Gasteiger partial charge is 0.317 e. The quantitative estimate of drug-likeness (QED) is 0.603. The number of nitrogens with one attached hydrogen (secondary N) is 1. The van der Waals surface area contributed by atoms with Gasteiger partial charge in [0.15, 0.2) is 0 Å². The van der Waals surface area contributed by atoms with Gasteiger partial charge in [-0.05, 0) is 19.9 Å². The molecule has 1 aliphatic heterocycles. The first-order chi connectivity index (χ1) is 5.70. The molecule has 0 bridgehead atoms. The minimum Gasteiger partial charge on any atom is -0.480 e. The first kappa shape index (κ1) is 9.48. The average molecular weight is 172 g/mol. The predicted molar refractivity (Wildman–Crippen MR) is 46.2 cm³/mol. The summed E-state index contributed by atoms with van der Waals surface area (Å²) < 4.78 is 0. The fourth-order valence-corrected chi connectivity index (χ4v) is 1.48. The third kappa shape index (κ3) is 2.79. The Morgan fingerprint density at radius 2 is 2.50 bits per heavy atom. The minimum atomic E-state index is -0.733. The van der Waals surface area contributed by atoms with Crippen molar-refractivity contribution in [2.75, 3.05) is 26.2 Å². The maximum atomic E-state index is 10.5. The van der Waals surface area contributed by atoms with Gasteiger partial charge in [0.1, 0.15) is 0 Å². The van der Waals surface area contributed by atoms with E-state index in [0.717, 1.165) is 26.1 Å². The van der Waals surface area contributed by atoms with Gasteiger partial charge >= 0.3 is 5.97 Å². The van der Waals surface area contributed by atoms with E-state index >= 15 is 0 Å². The van der Waals surface area contributed by atoms with Crippen molar-refractivity contribution in [1.82, 2.24) is 10.2 Å². The van der Waals surface area contributed by atoms with Crippen molar-refractivity contribution in [2.45, 2.75) is 19.4 Å². The lowest BCUT2D eigenvalue weighted by Gasteiger charge is -2.24. The number of carboxylic acids is 1. The number of aliphatic carboxylic acids is 1. The lowest BCUT2D eigenvalue weighted by atomic mass is 10.3. The Morgan fingerprint density at radius 3 is 3.17 bits per heavy atom. The summed E-state index contributed by atoms with van der Waals surface area (Å²) in [5, 5.41) is 11.9. The molecule has 1 heterocycles. The van der Waals surface area contributed by atoms with Crippen LogP contribution in [0, 0.1) is 0 Å². The molecule has 1 unspecified atom stereocenters. The number of carbonyl (C=O) groups is 1. The van der Waals surface area contributed by atoms with Crippen LogP contribution in [0.2, 0.25) is 0 Å². The lowest BCUT2D eigenvalue weighted by Crippen LogP contribution is -2.40. The zero-order valence-electron chi connectivity index (χ0n) is 7.42. The van der Waals surface area contributed by atoms with E-state index in [1.807, 2.05) is 4.90 Å². The molecule has 4 nitrogen and oxygen atoms in total. The zero-order chi connectivity index (χ0) is 8.97. The van der Waals surface area contributed by atoms with Crippen molar-refractivity contribution in [3.05, 3.63) is 0 Å².